The first kappa shape index (κ1) is 10.8. The van der Waals surface area contributed by atoms with Gasteiger partial charge in [0.05, 0.1) is 16.0 Å². The Balaban J connectivity index is 3.17. The number of allylic oxidation sites excluding steroid dienone is 1. The van der Waals surface area contributed by atoms with Crippen LogP contribution in [0.25, 0.3) is 5.03 Å². The van der Waals surface area contributed by atoms with Crippen molar-refractivity contribution < 1.29 is 0 Å². The van der Waals surface area contributed by atoms with Gasteiger partial charge in [0.25, 0.3) is 0 Å². The number of hydrogen-bond donors (Lipinski definition) is 0. The number of nitriles is 1. The summed E-state index contributed by atoms with van der Waals surface area (Å²) in [7, 11) is 0. The summed E-state index contributed by atoms with van der Waals surface area (Å²) in [6.07, 6.45) is 0.666. The topological polar surface area (TPSA) is 23.8 Å². The van der Waals surface area contributed by atoms with Crippen molar-refractivity contribution in [2.45, 2.75) is 13.3 Å². The van der Waals surface area contributed by atoms with Gasteiger partial charge in [0.2, 0.25) is 0 Å². The normalized spacial score (nSPS) is 12.2. The molecule has 0 aliphatic carbocycles. The summed E-state index contributed by atoms with van der Waals surface area (Å²) in [6, 6.07) is 4.02. The maximum atomic E-state index is 8.78. The third-order valence-corrected chi connectivity index (χ3v) is 3.95. The van der Waals surface area contributed by atoms with Crippen LogP contribution < -0.4 is 0 Å². The number of rotatable bonds is 2. The van der Waals surface area contributed by atoms with Gasteiger partial charge in [0.15, 0.2) is 0 Å². The summed E-state index contributed by atoms with van der Waals surface area (Å²) >= 11 is 11.0. The van der Waals surface area contributed by atoms with E-state index in [2.05, 4.69) is 22.0 Å². The molecule has 1 nitrogen and oxygen atoms in total. The maximum absolute atomic E-state index is 8.78. The van der Waals surface area contributed by atoms with Crippen LogP contribution in [0.3, 0.4) is 0 Å². The van der Waals surface area contributed by atoms with E-state index in [1.54, 1.807) is 0 Å². The summed E-state index contributed by atoms with van der Waals surface area (Å²) in [5.74, 6) is 0. The lowest BCUT2D eigenvalue weighted by Crippen LogP contribution is -1.80. The molecule has 4 heteroatoms. The molecule has 0 aromatic carbocycles. The summed E-state index contributed by atoms with van der Waals surface area (Å²) in [4.78, 5) is 0.931. The molecule has 68 valence electrons. The average Bonchev–Trinajstić information content (AvgIpc) is 2.53. The number of nitrogens with zero attached hydrogens (tertiary/aromatic N) is 1. The van der Waals surface area contributed by atoms with Crippen molar-refractivity contribution in [2.24, 2.45) is 0 Å². The van der Waals surface area contributed by atoms with Crippen LogP contribution in [-0.4, -0.2) is 0 Å². The Labute approximate surface area is 94.8 Å². The molecule has 0 bridgehead atoms. The van der Waals surface area contributed by atoms with Crippen molar-refractivity contribution in [1.29, 1.82) is 5.26 Å². The molecule has 0 aliphatic heterocycles. The Morgan fingerprint density at radius 3 is 2.85 bits per heavy atom. The molecule has 1 aromatic heterocycles. The minimum Gasteiger partial charge on any atom is -0.193 e. The average molecular weight is 277 g/mol. The number of hydrogen-bond acceptors (Lipinski definition) is 2. The van der Waals surface area contributed by atoms with Gasteiger partial charge in [-0.05, 0) is 33.8 Å². The minimum atomic E-state index is 0.562. The van der Waals surface area contributed by atoms with Gasteiger partial charge in [-0.3, -0.25) is 0 Å². The maximum Gasteiger partial charge on any atom is 0.0963 e. The lowest BCUT2D eigenvalue weighted by Gasteiger charge is -1.98. The second-order valence-electron chi connectivity index (χ2n) is 2.36. The lowest BCUT2D eigenvalue weighted by atomic mass is 10.2. The van der Waals surface area contributed by atoms with Crippen LogP contribution in [0.15, 0.2) is 21.5 Å². The van der Waals surface area contributed by atoms with Crippen molar-refractivity contribution in [3.8, 4) is 6.07 Å². The molecule has 1 aromatic rings. The van der Waals surface area contributed by atoms with E-state index in [0.29, 0.717) is 17.0 Å². The first-order valence-electron chi connectivity index (χ1n) is 3.72. The molecule has 0 saturated carbocycles. The Morgan fingerprint density at radius 1 is 1.77 bits per heavy atom. The summed E-state index contributed by atoms with van der Waals surface area (Å²) in [5.41, 5.74) is 0.629. The molecule has 0 saturated heterocycles. The lowest BCUT2D eigenvalue weighted by molar-refractivity contribution is 1.16. The van der Waals surface area contributed by atoms with Crippen LogP contribution in [0.4, 0.5) is 0 Å². The fourth-order valence-corrected chi connectivity index (χ4v) is 2.93. The van der Waals surface area contributed by atoms with E-state index in [4.69, 9.17) is 16.9 Å². The van der Waals surface area contributed by atoms with Crippen LogP contribution in [0, 0.1) is 11.3 Å². The zero-order chi connectivity index (χ0) is 9.84. The van der Waals surface area contributed by atoms with Gasteiger partial charge in [-0.25, -0.2) is 0 Å². The van der Waals surface area contributed by atoms with Crippen molar-refractivity contribution in [1.82, 2.24) is 0 Å². The predicted molar refractivity (Wildman–Crippen MR) is 60.7 cm³/mol. The molecule has 0 fully saturated rings. The number of thiophene rings is 1. The molecule has 0 aliphatic rings. The predicted octanol–water partition coefficient (Wildman–Crippen LogP) is 4.39. The van der Waals surface area contributed by atoms with E-state index in [1.165, 1.54) is 11.3 Å². The molecule has 13 heavy (non-hydrogen) atoms. The molecular weight excluding hydrogens is 270 g/mol. The second kappa shape index (κ2) is 4.80. The molecule has 0 N–H and O–H groups in total. The van der Waals surface area contributed by atoms with E-state index in [-0.39, 0.29) is 0 Å². The Bertz CT molecular complexity index is 375. The molecular formula is C9H7BrClNS. The van der Waals surface area contributed by atoms with Crippen molar-refractivity contribution in [3.05, 3.63) is 26.4 Å². The summed E-state index contributed by atoms with van der Waals surface area (Å²) in [5, 5.41) is 11.3. The molecule has 0 amide bonds. The zero-order valence-corrected chi connectivity index (χ0v) is 10.1. The van der Waals surface area contributed by atoms with Crippen molar-refractivity contribution >= 4 is 43.9 Å². The van der Waals surface area contributed by atoms with Crippen LogP contribution in [0.1, 0.15) is 18.2 Å². The molecule has 0 spiro atoms. The van der Waals surface area contributed by atoms with Gasteiger partial charge in [-0.15, -0.1) is 11.3 Å². The quantitative estimate of drug-likeness (QED) is 0.735. The SMILES string of the molecule is CCC(C#N)=C(Cl)c1sccc1Br. The third-order valence-electron chi connectivity index (χ3n) is 1.57. The largest absolute Gasteiger partial charge is 0.193 e. The van der Waals surface area contributed by atoms with Crippen molar-refractivity contribution in [3.63, 3.8) is 0 Å². The van der Waals surface area contributed by atoms with E-state index >= 15 is 0 Å². The summed E-state index contributed by atoms with van der Waals surface area (Å²) < 4.78 is 0.948. The van der Waals surface area contributed by atoms with Crippen LogP contribution >= 0.6 is 38.9 Å². The number of halogens is 2. The second-order valence-corrected chi connectivity index (χ2v) is 4.50. The fourth-order valence-electron chi connectivity index (χ4n) is 0.871. The van der Waals surface area contributed by atoms with Gasteiger partial charge in [-0.2, -0.15) is 5.26 Å². The van der Waals surface area contributed by atoms with Crippen molar-refractivity contribution in [2.75, 3.05) is 0 Å². The van der Waals surface area contributed by atoms with E-state index < -0.39 is 0 Å². The van der Waals surface area contributed by atoms with E-state index in [1.807, 2.05) is 18.4 Å². The van der Waals surface area contributed by atoms with Crippen LogP contribution in [0.2, 0.25) is 0 Å². The first-order valence-corrected chi connectivity index (χ1v) is 5.77. The van der Waals surface area contributed by atoms with Gasteiger partial charge >= 0.3 is 0 Å². The first-order chi connectivity index (χ1) is 6.20. The van der Waals surface area contributed by atoms with E-state index in [9.17, 15) is 0 Å². The molecule has 1 rings (SSSR count). The van der Waals surface area contributed by atoms with Gasteiger partial charge in [0.1, 0.15) is 0 Å². The van der Waals surface area contributed by atoms with Gasteiger partial charge in [-0.1, -0.05) is 18.5 Å². The standard InChI is InChI=1S/C9H7BrClNS/c1-2-6(5-12)8(11)9-7(10)3-4-13-9/h3-4H,2H2,1H3. The highest BCUT2D eigenvalue weighted by Gasteiger charge is 2.09. The highest BCUT2D eigenvalue weighted by molar-refractivity contribution is 9.10. The fraction of sp³-hybridized carbons (Fsp3) is 0.222. The Morgan fingerprint density at radius 2 is 2.46 bits per heavy atom. The Kier molecular flexibility index (Phi) is 3.98. The third kappa shape index (κ3) is 2.34. The summed E-state index contributed by atoms with van der Waals surface area (Å²) in [6.45, 7) is 1.92. The highest BCUT2D eigenvalue weighted by atomic mass is 79.9. The Hall–Kier alpha value is -0.300. The van der Waals surface area contributed by atoms with Crippen LogP contribution in [-0.2, 0) is 0 Å². The minimum absolute atomic E-state index is 0.562. The molecule has 0 atom stereocenters. The molecule has 0 unspecified atom stereocenters. The monoisotopic (exact) mass is 275 g/mol. The van der Waals surface area contributed by atoms with Gasteiger partial charge in [0, 0.05) is 10.0 Å². The smallest absolute Gasteiger partial charge is 0.0963 e. The van der Waals surface area contributed by atoms with Gasteiger partial charge < -0.3 is 0 Å². The molecule has 0 radical (unpaired) electrons. The molecule has 1 heterocycles. The zero-order valence-electron chi connectivity index (χ0n) is 6.97. The van der Waals surface area contributed by atoms with Crippen LogP contribution in [0.5, 0.6) is 0 Å². The van der Waals surface area contributed by atoms with E-state index in [0.717, 1.165) is 9.35 Å². The highest BCUT2D eigenvalue weighted by Crippen LogP contribution is 2.34.